The maximum Gasteiger partial charge on any atom is 0.212 e. The van der Waals surface area contributed by atoms with Gasteiger partial charge in [0, 0.05) is 11.4 Å². The van der Waals surface area contributed by atoms with Gasteiger partial charge in [0.2, 0.25) is 5.16 Å². The van der Waals surface area contributed by atoms with Crippen molar-refractivity contribution in [1.29, 1.82) is 0 Å². The lowest BCUT2D eigenvalue weighted by Crippen LogP contribution is -2.15. The molecule has 0 bridgehead atoms. The number of aromatic nitrogens is 3. The first-order valence-corrected chi connectivity index (χ1v) is 7.16. The van der Waals surface area contributed by atoms with Crippen LogP contribution in [0, 0.1) is 0 Å². The molecule has 1 aliphatic heterocycles. The Morgan fingerprint density at radius 3 is 2.83 bits per heavy atom. The average molecular weight is 281 g/mol. The third-order valence-electron chi connectivity index (χ3n) is 2.82. The largest absolute Gasteiger partial charge is 0.304 e. The number of rotatable bonds is 3. The molecule has 1 N–H and O–H groups in total. The van der Waals surface area contributed by atoms with Crippen molar-refractivity contribution in [1.82, 2.24) is 14.9 Å². The van der Waals surface area contributed by atoms with Crippen LogP contribution in [0.5, 0.6) is 0 Å². The van der Waals surface area contributed by atoms with E-state index in [9.17, 15) is 0 Å². The lowest BCUT2D eigenvalue weighted by molar-refractivity contribution is 0.714. The molecule has 94 valence electrons. The van der Waals surface area contributed by atoms with Crippen LogP contribution in [0.2, 0.25) is 5.02 Å². The summed E-state index contributed by atoms with van der Waals surface area (Å²) in [4.78, 5) is 0. The van der Waals surface area contributed by atoms with Crippen LogP contribution in [0.4, 0.5) is 0 Å². The molecule has 0 saturated carbocycles. The molecule has 0 saturated heterocycles. The Kier molecular flexibility index (Phi) is 3.18. The summed E-state index contributed by atoms with van der Waals surface area (Å²) in [6.45, 7) is 2.14. The van der Waals surface area contributed by atoms with Gasteiger partial charge in [-0.05, 0) is 24.1 Å². The molecule has 0 unspecified atom stereocenters. The Morgan fingerprint density at radius 1 is 1.33 bits per heavy atom. The maximum atomic E-state index is 5.90. The predicted molar refractivity (Wildman–Crippen MR) is 73.4 cm³/mol. The minimum atomic E-state index is 0.184. The first-order chi connectivity index (χ1) is 8.78. The van der Waals surface area contributed by atoms with E-state index in [4.69, 9.17) is 11.6 Å². The molecule has 1 aromatic carbocycles. The SMILES string of the molecule is CCCc1nnc2n1N[C@H](c1ccc(Cl)cc1)S2. The molecular formula is C12H13ClN4S. The van der Waals surface area contributed by atoms with Crippen molar-refractivity contribution < 1.29 is 0 Å². The zero-order chi connectivity index (χ0) is 12.5. The van der Waals surface area contributed by atoms with Crippen LogP contribution < -0.4 is 5.43 Å². The Morgan fingerprint density at radius 2 is 2.11 bits per heavy atom. The highest BCUT2D eigenvalue weighted by Gasteiger charge is 2.26. The van der Waals surface area contributed by atoms with Gasteiger partial charge in [-0.3, -0.25) is 0 Å². The maximum absolute atomic E-state index is 5.90. The Hall–Kier alpha value is -1.20. The van der Waals surface area contributed by atoms with Gasteiger partial charge in [-0.2, -0.15) is 0 Å². The van der Waals surface area contributed by atoms with Crippen molar-refractivity contribution in [2.75, 3.05) is 5.43 Å². The number of aryl methyl sites for hydroxylation is 1. The van der Waals surface area contributed by atoms with Crippen LogP contribution in [0.25, 0.3) is 0 Å². The lowest BCUT2D eigenvalue weighted by atomic mass is 10.2. The first-order valence-electron chi connectivity index (χ1n) is 5.91. The molecule has 3 rings (SSSR count). The van der Waals surface area contributed by atoms with E-state index in [1.54, 1.807) is 11.8 Å². The van der Waals surface area contributed by atoms with E-state index in [1.165, 1.54) is 5.56 Å². The molecule has 1 aromatic heterocycles. The minimum absolute atomic E-state index is 0.184. The smallest absolute Gasteiger partial charge is 0.212 e. The molecule has 0 amide bonds. The third kappa shape index (κ3) is 2.08. The van der Waals surface area contributed by atoms with Gasteiger partial charge in [-0.25, -0.2) is 4.68 Å². The summed E-state index contributed by atoms with van der Waals surface area (Å²) in [6, 6.07) is 7.88. The van der Waals surface area contributed by atoms with Gasteiger partial charge < -0.3 is 5.43 Å². The normalized spacial score (nSPS) is 17.6. The van der Waals surface area contributed by atoms with Crippen molar-refractivity contribution in [2.45, 2.75) is 30.3 Å². The van der Waals surface area contributed by atoms with Gasteiger partial charge in [0.25, 0.3) is 0 Å². The molecule has 1 atom stereocenters. The number of nitrogens with one attached hydrogen (secondary N) is 1. The molecule has 2 aromatic rings. The van der Waals surface area contributed by atoms with Crippen molar-refractivity contribution in [2.24, 2.45) is 0 Å². The van der Waals surface area contributed by atoms with E-state index in [0.717, 1.165) is 28.8 Å². The average Bonchev–Trinajstić information content (AvgIpc) is 2.93. The van der Waals surface area contributed by atoms with E-state index in [-0.39, 0.29) is 5.37 Å². The number of halogens is 1. The molecule has 2 heterocycles. The second-order valence-electron chi connectivity index (χ2n) is 4.16. The van der Waals surface area contributed by atoms with Gasteiger partial charge in [-0.15, -0.1) is 10.2 Å². The summed E-state index contributed by atoms with van der Waals surface area (Å²) in [5.74, 6) is 0.997. The summed E-state index contributed by atoms with van der Waals surface area (Å²) < 4.78 is 1.99. The van der Waals surface area contributed by atoms with Crippen LogP contribution >= 0.6 is 23.4 Å². The van der Waals surface area contributed by atoms with Gasteiger partial charge in [0.1, 0.15) is 5.37 Å². The number of nitrogens with zero attached hydrogens (tertiary/aromatic N) is 3. The van der Waals surface area contributed by atoms with E-state index in [1.807, 2.05) is 28.9 Å². The molecule has 4 nitrogen and oxygen atoms in total. The summed E-state index contributed by atoms with van der Waals surface area (Å²) in [5.41, 5.74) is 4.61. The highest BCUT2D eigenvalue weighted by atomic mass is 35.5. The van der Waals surface area contributed by atoms with Crippen molar-refractivity contribution in [3.8, 4) is 0 Å². The molecule has 0 spiro atoms. The highest BCUT2D eigenvalue weighted by molar-refractivity contribution is 7.99. The minimum Gasteiger partial charge on any atom is -0.304 e. The fourth-order valence-corrected chi connectivity index (χ4v) is 3.06. The highest BCUT2D eigenvalue weighted by Crippen LogP contribution is 2.38. The number of hydrogen-bond donors (Lipinski definition) is 1. The molecular weight excluding hydrogens is 268 g/mol. The fraction of sp³-hybridized carbons (Fsp3) is 0.333. The lowest BCUT2D eigenvalue weighted by Gasteiger charge is -2.11. The fourth-order valence-electron chi connectivity index (χ4n) is 1.92. The Labute approximate surface area is 115 Å². The summed E-state index contributed by atoms with van der Waals surface area (Å²) in [6.07, 6.45) is 2.00. The van der Waals surface area contributed by atoms with Gasteiger partial charge in [0.15, 0.2) is 5.82 Å². The topological polar surface area (TPSA) is 42.7 Å². The van der Waals surface area contributed by atoms with Gasteiger partial charge in [-0.1, -0.05) is 42.4 Å². The molecule has 0 aliphatic carbocycles. The van der Waals surface area contributed by atoms with Crippen molar-refractivity contribution in [3.63, 3.8) is 0 Å². The third-order valence-corrected chi connectivity index (χ3v) is 4.16. The van der Waals surface area contributed by atoms with E-state index < -0.39 is 0 Å². The van der Waals surface area contributed by atoms with Gasteiger partial charge >= 0.3 is 0 Å². The Balaban J connectivity index is 1.82. The van der Waals surface area contributed by atoms with Crippen LogP contribution in [-0.4, -0.2) is 14.9 Å². The standard InChI is InChI=1S/C12H13ClN4S/c1-2-3-10-14-15-12-17(10)16-11(18-12)8-4-6-9(13)7-5-8/h4-7,11,16H,2-3H2,1H3/t11-/m0/s1. The van der Waals surface area contributed by atoms with Gasteiger partial charge in [0.05, 0.1) is 0 Å². The Bertz CT molecular complexity index is 552. The first kappa shape index (κ1) is 11.9. The van der Waals surface area contributed by atoms with Crippen molar-refractivity contribution >= 4 is 23.4 Å². The van der Waals surface area contributed by atoms with Crippen LogP contribution in [0.3, 0.4) is 0 Å². The second kappa shape index (κ2) is 4.82. The van der Waals surface area contributed by atoms with Crippen LogP contribution in [0.15, 0.2) is 29.4 Å². The molecule has 0 fully saturated rings. The van der Waals surface area contributed by atoms with E-state index in [0.29, 0.717) is 0 Å². The van der Waals surface area contributed by atoms with Crippen molar-refractivity contribution in [3.05, 3.63) is 40.7 Å². The number of hydrogen-bond acceptors (Lipinski definition) is 4. The second-order valence-corrected chi connectivity index (χ2v) is 5.67. The van der Waals surface area contributed by atoms with Crippen LogP contribution in [0.1, 0.15) is 30.1 Å². The molecule has 0 radical (unpaired) electrons. The molecule has 1 aliphatic rings. The zero-order valence-corrected chi connectivity index (χ0v) is 11.5. The summed E-state index contributed by atoms with van der Waals surface area (Å²) >= 11 is 7.58. The molecule has 18 heavy (non-hydrogen) atoms. The van der Waals surface area contributed by atoms with Crippen LogP contribution in [-0.2, 0) is 6.42 Å². The molecule has 6 heteroatoms. The van der Waals surface area contributed by atoms with E-state index in [2.05, 4.69) is 22.5 Å². The summed E-state index contributed by atoms with van der Waals surface area (Å²) in [5, 5.41) is 10.2. The number of benzene rings is 1. The zero-order valence-electron chi connectivity index (χ0n) is 9.93. The monoisotopic (exact) mass is 280 g/mol. The quantitative estimate of drug-likeness (QED) is 0.937. The number of thioether (sulfide) groups is 1. The number of fused-ring (bicyclic) bond motifs is 1. The van der Waals surface area contributed by atoms with E-state index >= 15 is 0 Å². The predicted octanol–water partition coefficient (Wildman–Crippen LogP) is 3.23. The summed E-state index contributed by atoms with van der Waals surface area (Å²) in [7, 11) is 0.